The Morgan fingerprint density at radius 2 is 2.15 bits per heavy atom. The molecule has 27 heavy (non-hydrogen) atoms. The van der Waals surface area contributed by atoms with Gasteiger partial charge in [-0.3, -0.25) is 9.59 Å². The molecule has 0 bridgehead atoms. The molecule has 0 radical (unpaired) electrons. The first kappa shape index (κ1) is 20.3. The van der Waals surface area contributed by atoms with E-state index < -0.39 is 6.16 Å². The van der Waals surface area contributed by atoms with Gasteiger partial charge in [0.2, 0.25) is 11.8 Å². The van der Waals surface area contributed by atoms with Gasteiger partial charge in [0.25, 0.3) is 0 Å². The van der Waals surface area contributed by atoms with E-state index in [4.69, 9.17) is 14.2 Å². The second kappa shape index (κ2) is 10.2. The molecule has 1 aliphatic heterocycles. The van der Waals surface area contributed by atoms with Gasteiger partial charge >= 0.3 is 6.16 Å². The minimum Gasteiger partial charge on any atom is -0.493 e. The van der Waals surface area contributed by atoms with Crippen molar-refractivity contribution in [3.63, 3.8) is 0 Å². The predicted octanol–water partition coefficient (Wildman–Crippen LogP) is 2.03. The molecule has 1 heterocycles. The minimum absolute atomic E-state index is 0.0577. The summed E-state index contributed by atoms with van der Waals surface area (Å²) in [5.41, 5.74) is 0.642. The van der Waals surface area contributed by atoms with E-state index >= 15 is 0 Å². The van der Waals surface area contributed by atoms with Gasteiger partial charge < -0.3 is 24.8 Å². The third kappa shape index (κ3) is 6.65. The zero-order valence-corrected chi connectivity index (χ0v) is 15.4. The van der Waals surface area contributed by atoms with E-state index in [1.807, 2.05) is 0 Å². The molecule has 1 fully saturated rings. The molecule has 1 aromatic rings. The molecular weight excluding hydrogens is 352 g/mol. The highest BCUT2D eigenvalue weighted by Crippen LogP contribution is 2.29. The number of hydrogen-bond donors (Lipinski definition) is 2. The largest absolute Gasteiger partial charge is 0.513 e. The lowest BCUT2D eigenvalue weighted by Gasteiger charge is -2.13. The maximum Gasteiger partial charge on any atom is 0.513 e. The Kier molecular flexibility index (Phi) is 7.66. The third-order valence-electron chi connectivity index (χ3n) is 3.90. The van der Waals surface area contributed by atoms with Crippen LogP contribution in [-0.2, 0) is 14.3 Å². The van der Waals surface area contributed by atoms with Crippen LogP contribution in [0, 0.1) is 0 Å². The Morgan fingerprint density at radius 1 is 1.33 bits per heavy atom. The Labute approximate surface area is 157 Å². The fraction of sp³-hybridized carbons (Fsp3) is 0.421. The number of carbonyl (C=O) groups excluding carboxylic acids is 3. The molecule has 1 saturated heterocycles. The fourth-order valence-corrected chi connectivity index (χ4v) is 2.63. The molecule has 2 amide bonds. The zero-order valence-electron chi connectivity index (χ0n) is 15.4. The van der Waals surface area contributed by atoms with E-state index in [-0.39, 0.29) is 36.6 Å². The Bertz CT molecular complexity index is 716. The number of hydrogen-bond acceptors (Lipinski definition) is 6. The lowest BCUT2D eigenvalue weighted by atomic mass is 10.1. The SMILES string of the molecule is CCOC(=O)Oc1cc(C=CC(=O)NC2CCCNC(=O)C2)ccc1OC. The minimum atomic E-state index is -0.832. The van der Waals surface area contributed by atoms with E-state index in [1.165, 1.54) is 13.2 Å². The lowest BCUT2D eigenvalue weighted by Crippen LogP contribution is -2.35. The number of amides is 2. The second-order valence-corrected chi connectivity index (χ2v) is 5.93. The molecule has 8 nitrogen and oxygen atoms in total. The van der Waals surface area contributed by atoms with Crippen LogP contribution in [-0.4, -0.2) is 44.3 Å². The van der Waals surface area contributed by atoms with Crippen molar-refractivity contribution < 1.29 is 28.6 Å². The van der Waals surface area contributed by atoms with Crippen molar-refractivity contribution in [3.8, 4) is 11.5 Å². The van der Waals surface area contributed by atoms with Gasteiger partial charge in [-0.05, 0) is 43.5 Å². The van der Waals surface area contributed by atoms with Crippen molar-refractivity contribution in [3.05, 3.63) is 29.8 Å². The van der Waals surface area contributed by atoms with Gasteiger partial charge in [-0.25, -0.2) is 4.79 Å². The number of ether oxygens (including phenoxy) is 3. The monoisotopic (exact) mass is 376 g/mol. The van der Waals surface area contributed by atoms with Crippen LogP contribution in [0.5, 0.6) is 11.5 Å². The van der Waals surface area contributed by atoms with Crippen molar-refractivity contribution in [2.24, 2.45) is 0 Å². The summed E-state index contributed by atoms with van der Waals surface area (Å²) in [4.78, 5) is 35.2. The average Bonchev–Trinajstić information content (AvgIpc) is 2.84. The van der Waals surface area contributed by atoms with Gasteiger partial charge in [0.1, 0.15) is 0 Å². The van der Waals surface area contributed by atoms with Crippen molar-refractivity contribution in [1.82, 2.24) is 10.6 Å². The number of methoxy groups -OCH3 is 1. The molecule has 0 saturated carbocycles. The second-order valence-electron chi connectivity index (χ2n) is 5.93. The normalized spacial score (nSPS) is 17.0. The average molecular weight is 376 g/mol. The first-order valence-corrected chi connectivity index (χ1v) is 8.79. The van der Waals surface area contributed by atoms with Crippen molar-refractivity contribution in [2.45, 2.75) is 32.2 Å². The summed E-state index contributed by atoms with van der Waals surface area (Å²) in [6.45, 7) is 2.50. The van der Waals surface area contributed by atoms with Crippen LogP contribution < -0.4 is 20.1 Å². The number of rotatable bonds is 6. The summed E-state index contributed by atoms with van der Waals surface area (Å²) in [6, 6.07) is 4.74. The highest BCUT2D eigenvalue weighted by molar-refractivity contribution is 5.92. The summed E-state index contributed by atoms with van der Waals surface area (Å²) in [7, 11) is 1.46. The van der Waals surface area contributed by atoms with Gasteiger partial charge in [0.15, 0.2) is 11.5 Å². The van der Waals surface area contributed by atoms with Crippen LogP contribution >= 0.6 is 0 Å². The summed E-state index contributed by atoms with van der Waals surface area (Å²) >= 11 is 0. The summed E-state index contributed by atoms with van der Waals surface area (Å²) in [6.07, 6.45) is 3.98. The molecule has 1 aliphatic rings. The van der Waals surface area contributed by atoms with Gasteiger partial charge in [-0.15, -0.1) is 0 Å². The van der Waals surface area contributed by atoms with E-state index in [0.29, 0.717) is 17.9 Å². The van der Waals surface area contributed by atoms with Crippen LogP contribution in [0.25, 0.3) is 6.08 Å². The lowest BCUT2D eigenvalue weighted by molar-refractivity contribution is -0.121. The van der Waals surface area contributed by atoms with Crippen LogP contribution in [0.1, 0.15) is 31.7 Å². The van der Waals surface area contributed by atoms with Gasteiger partial charge in [-0.1, -0.05) is 6.07 Å². The highest BCUT2D eigenvalue weighted by atomic mass is 16.7. The number of carbonyl (C=O) groups is 3. The van der Waals surface area contributed by atoms with E-state index in [0.717, 1.165) is 12.8 Å². The highest BCUT2D eigenvalue weighted by Gasteiger charge is 2.18. The topological polar surface area (TPSA) is 103 Å². The molecule has 1 aromatic carbocycles. The van der Waals surface area contributed by atoms with Crippen molar-refractivity contribution in [1.29, 1.82) is 0 Å². The first-order valence-electron chi connectivity index (χ1n) is 8.79. The molecule has 1 atom stereocenters. The van der Waals surface area contributed by atoms with Gasteiger partial charge in [0.05, 0.1) is 13.7 Å². The molecule has 2 rings (SSSR count). The van der Waals surface area contributed by atoms with Gasteiger partial charge in [0, 0.05) is 25.1 Å². The van der Waals surface area contributed by atoms with Crippen molar-refractivity contribution in [2.75, 3.05) is 20.3 Å². The fourth-order valence-electron chi connectivity index (χ4n) is 2.63. The molecule has 1 unspecified atom stereocenters. The van der Waals surface area contributed by atoms with Crippen LogP contribution in [0.4, 0.5) is 4.79 Å². The van der Waals surface area contributed by atoms with Crippen LogP contribution in [0.3, 0.4) is 0 Å². The quantitative estimate of drug-likeness (QED) is 0.447. The predicted molar refractivity (Wildman–Crippen MR) is 98.5 cm³/mol. The maximum absolute atomic E-state index is 12.1. The number of benzene rings is 1. The summed E-state index contributed by atoms with van der Waals surface area (Å²) in [5.74, 6) is 0.212. The molecule has 0 spiro atoms. The van der Waals surface area contributed by atoms with E-state index in [1.54, 1.807) is 31.2 Å². The van der Waals surface area contributed by atoms with Crippen LogP contribution in [0.15, 0.2) is 24.3 Å². The van der Waals surface area contributed by atoms with E-state index in [2.05, 4.69) is 10.6 Å². The Balaban J connectivity index is 2.01. The number of nitrogens with one attached hydrogen (secondary N) is 2. The standard InChI is InChI=1S/C19H24N2O6/c1-3-26-19(24)27-16-11-13(6-8-15(16)25-2)7-9-17(22)21-14-5-4-10-20-18(23)12-14/h6-9,11,14H,3-5,10,12H2,1-2H3,(H,20,23)(H,21,22). The molecule has 8 heteroatoms. The molecule has 0 aromatic heterocycles. The Morgan fingerprint density at radius 3 is 2.89 bits per heavy atom. The Hall–Kier alpha value is -3.03. The smallest absolute Gasteiger partial charge is 0.493 e. The molecule has 0 aliphatic carbocycles. The summed E-state index contributed by atoms with van der Waals surface area (Å²) < 4.78 is 15.0. The third-order valence-corrected chi connectivity index (χ3v) is 3.90. The summed E-state index contributed by atoms with van der Waals surface area (Å²) in [5, 5.41) is 5.60. The maximum atomic E-state index is 12.1. The molecule has 2 N–H and O–H groups in total. The zero-order chi connectivity index (χ0) is 19.6. The van der Waals surface area contributed by atoms with E-state index in [9.17, 15) is 14.4 Å². The van der Waals surface area contributed by atoms with Gasteiger partial charge in [-0.2, -0.15) is 0 Å². The van der Waals surface area contributed by atoms with Crippen LogP contribution in [0.2, 0.25) is 0 Å². The molecular formula is C19H24N2O6. The first-order chi connectivity index (χ1) is 13.0. The van der Waals surface area contributed by atoms with Crippen molar-refractivity contribution >= 4 is 24.0 Å². The molecule has 146 valence electrons.